The molecule has 0 aliphatic carbocycles. The molecule has 4 rings (SSSR count). The predicted molar refractivity (Wildman–Crippen MR) is 110 cm³/mol. The number of aromatic nitrogens is 5. The van der Waals surface area contributed by atoms with Crippen LogP contribution in [0.15, 0.2) is 53.1 Å². The lowest BCUT2D eigenvalue weighted by Crippen LogP contribution is -2.16. The first-order chi connectivity index (χ1) is 15.8. The summed E-state index contributed by atoms with van der Waals surface area (Å²) >= 11 is 0. The topological polar surface area (TPSA) is 114 Å². The number of hydrogen-bond donors (Lipinski definition) is 1. The summed E-state index contributed by atoms with van der Waals surface area (Å²) in [5, 5.41) is 8.30. The van der Waals surface area contributed by atoms with Crippen molar-refractivity contribution in [3.63, 3.8) is 0 Å². The second-order valence-electron chi connectivity index (χ2n) is 6.92. The van der Waals surface area contributed by atoms with E-state index in [0.29, 0.717) is 36.8 Å². The van der Waals surface area contributed by atoms with E-state index < -0.39 is 6.36 Å². The summed E-state index contributed by atoms with van der Waals surface area (Å²) in [6.07, 6.45) is -4.76. The van der Waals surface area contributed by atoms with E-state index in [9.17, 15) is 13.2 Å². The second-order valence-corrected chi connectivity index (χ2v) is 6.92. The van der Waals surface area contributed by atoms with E-state index in [1.54, 1.807) is 11.6 Å². The molecule has 4 aromatic rings. The van der Waals surface area contributed by atoms with Crippen molar-refractivity contribution < 1.29 is 27.2 Å². The van der Waals surface area contributed by atoms with Crippen LogP contribution >= 0.6 is 0 Å². The van der Waals surface area contributed by atoms with Crippen molar-refractivity contribution in [3.05, 3.63) is 59.9 Å². The maximum Gasteiger partial charge on any atom is 0.573 e. The molecule has 0 radical (unpaired) electrons. The van der Waals surface area contributed by atoms with Gasteiger partial charge in [-0.05, 0) is 48.9 Å². The summed E-state index contributed by atoms with van der Waals surface area (Å²) in [6.45, 7) is 3.09. The highest BCUT2D eigenvalue weighted by Crippen LogP contribution is 2.26. The van der Waals surface area contributed by atoms with Crippen molar-refractivity contribution in [2.24, 2.45) is 5.73 Å². The van der Waals surface area contributed by atoms with Gasteiger partial charge < -0.3 is 19.7 Å². The maximum atomic E-state index is 12.3. The third-order valence-corrected chi connectivity index (χ3v) is 4.44. The van der Waals surface area contributed by atoms with Crippen LogP contribution in [0, 0.1) is 6.92 Å². The molecule has 12 heteroatoms. The lowest BCUT2D eigenvalue weighted by Gasteiger charge is -2.08. The summed E-state index contributed by atoms with van der Waals surface area (Å²) in [5.41, 5.74) is 6.87. The highest BCUT2D eigenvalue weighted by Gasteiger charge is 2.31. The van der Waals surface area contributed by atoms with Crippen molar-refractivity contribution in [2.45, 2.75) is 19.8 Å². The van der Waals surface area contributed by atoms with E-state index in [0.717, 1.165) is 5.56 Å². The molecule has 0 spiro atoms. The Morgan fingerprint density at radius 2 is 1.82 bits per heavy atom. The minimum absolute atomic E-state index is 0.0856. The Hall–Kier alpha value is -3.93. The zero-order chi connectivity index (χ0) is 23.4. The smallest absolute Gasteiger partial charge is 0.492 e. The largest absolute Gasteiger partial charge is 0.573 e. The van der Waals surface area contributed by atoms with Gasteiger partial charge in [0, 0.05) is 12.1 Å². The first-order valence-corrected chi connectivity index (χ1v) is 9.84. The molecule has 0 aliphatic heterocycles. The van der Waals surface area contributed by atoms with Gasteiger partial charge in [0.1, 0.15) is 23.9 Å². The Balaban J connectivity index is 1.49. The monoisotopic (exact) mass is 460 g/mol. The number of alkyl halides is 3. The zero-order valence-electron chi connectivity index (χ0n) is 17.4. The predicted octanol–water partition coefficient (Wildman–Crippen LogP) is 3.59. The molecule has 0 atom stereocenters. The number of nitrogens with zero attached hydrogens (tertiary/aromatic N) is 5. The maximum absolute atomic E-state index is 12.3. The lowest BCUT2D eigenvalue weighted by atomic mass is 10.2. The molecule has 0 unspecified atom stereocenters. The molecule has 0 amide bonds. The molecule has 2 N–H and O–H groups in total. The number of ether oxygens (including phenoxy) is 2. The molecule has 172 valence electrons. The Bertz CT molecular complexity index is 1220. The van der Waals surface area contributed by atoms with Crippen molar-refractivity contribution in [1.29, 1.82) is 0 Å². The molecule has 2 aromatic heterocycles. The SMILES string of the molecule is Cc1nc(-c2nc(-c3ccc(OC(F)(F)F)cc3)no2)nn1Cc1cccc(OCCN)c1. The summed E-state index contributed by atoms with van der Waals surface area (Å²) < 4.78 is 53.3. The highest BCUT2D eigenvalue weighted by atomic mass is 19.4. The fraction of sp³-hybridized carbons (Fsp3) is 0.238. The fourth-order valence-electron chi connectivity index (χ4n) is 2.98. The lowest BCUT2D eigenvalue weighted by molar-refractivity contribution is -0.274. The van der Waals surface area contributed by atoms with E-state index in [1.807, 2.05) is 24.3 Å². The number of rotatable bonds is 8. The van der Waals surface area contributed by atoms with Gasteiger partial charge in [-0.1, -0.05) is 17.3 Å². The molecule has 33 heavy (non-hydrogen) atoms. The van der Waals surface area contributed by atoms with E-state index in [4.69, 9.17) is 15.0 Å². The van der Waals surface area contributed by atoms with E-state index in [-0.39, 0.29) is 23.3 Å². The number of aryl methyl sites for hydroxylation is 1. The van der Waals surface area contributed by atoms with Crippen molar-refractivity contribution in [1.82, 2.24) is 24.9 Å². The number of benzene rings is 2. The van der Waals surface area contributed by atoms with Crippen molar-refractivity contribution >= 4 is 0 Å². The Kier molecular flexibility index (Phi) is 6.27. The molecule has 0 bridgehead atoms. The van der Waals surface area contributed by atoms with Crippen LogP contribution in [-0.4, -0.2) is 44.4 Å². The molecule has 2 heterocycles. The van der Waals surface area contributed by atoms with Gasteiger partial charge in [-0.2, -0.15) is 4.98 Å². The molecular weight excluding hydrogens is 441 g/mol. The normalized spacial score (nSPS) is 11.5. The van der Waals surface area contributed by atoms with Crippen LogP contribution in [0.3, 0.4) is 0 Å². The quantitative estimate of drug-likeness (QED) is 0.424. The second kappa shape index (κ2) is 9.28. The number of halogens is 3. The number of nitrogens with two attached hydrogens (primary N) is 1. The molecule has 0 fully saturated rings. The molecule has 9 nitrogen and oxygen atoms in total. The van der Waals surface area contributed by atoms with Gasteiger partial charge in [-0.25, -0.2) is 9.67 Å². The average Bonchev–Trinajstić information content (AvgIpc) is 3.39. The Morgan fingerprint density at radius 3 is 2.55 bits per heavy atom. The van der Waals surface area contributed by atoms with Crippen LogP contribution in [0.4, 0.5) is 13.2 Å². The Morgan fingerprint density at radius 1 is 1.03 bits per heavy atom. The summed E-state index contributed by atoms with van der Waals surface area (Å²) in [6, 6.07) is 12.7. The molecule has 0 saturated carbocycles. The van der Waals surface area contributed by atoms with Gasteiger partial charge in [0.25, 0.3) is 5.89 Å². The van der Waals surface area contributed by atoms with E-state index in [2.05, 4.69) is 25.0 Å². The first-order valence-electron chi connectivity index (χ1n) is 9.84. The van der Waals surface area contributed by atoms with Crippen LogP contribution in [0.1, 0.15) is 11.4 Å². The van der Waals surface area contributed by atoms with Crippen molar-refractivity contribution in [3.8, 4) is 34.6 Å². The third-order valence-electron chi connectivity index (χ3n) is 4.44. The van der Waals surface area contributed by atoms with Crippen LogP contribution in [0.25, 0.3) is 23.1 Å². The van der Waals surface area contributed by atoms with Gasteiger partial charge in [-0.15, -0.1) is 18.3 Å². The standard InChI is InChI=1S/C21H19F3N6O3/c1-13-26-19(28-30(13)12-14-3-2-4-17(11-14)31-10-9-25)20-27-18(29-33-20)15-5-7-16(8-6-15)32-21(22,23)24/h2-8,11H,9-10,12,25H2,1H3. The molecule has 0 saturated heterocycles. The molecular formula is C21H19F3N6O3. The van der Waals surface area contributed by atoms with Crippen LogP contribution in [0.5, 0.6) is 11.5 Å². The van der Waals surface area contributed by atoms with Gasteiger partial charge in [0.2, 0.25) is 11.6 Å². The number of hydrogen-bond acceptors (Lipinski definition) is 8. The minimum Gasteiger partial charge on any atom is -0.492 e. The molecule has 0 aliphatic rings. The zero-order valence-corrected chi connectivity index (χ0v) is 17.4. The average molecular weight is 460 g/mol. The van der Waals surface area contributed by atoms with Crippen LogP contribution in [0.2, 0.25) is 0 Å². The Labute approximate surface area is 186 Å². The van der Waals surface area contributed by atoms with Gasteiger partial charge in [0.15, 0.2) is 0 Å². The molecule has 2 aromatic carbocycles. The van der Waals surface area contributed by atoms with Gasteiger partial charge in [-0.3, -0.25) is 0 Å². The van der Waals surface area contributed by atoms with Gasteiger partial charge in [0.05, 0.1) is 6.54 Å². The van der Waals surface area contributed by atoms with E-state index in [1.165, 1.54) is 24.3 Å². The van der Waals surface area contributed by atoms with Crippen LogP contribution in [-0.2, 0) is 6.54 Å². The van der Waals surface area contributed by atoms with E-state index >= 15 is 0 Å². The summed E-state index contributed by atoms with van der Waals surface area (Å²) in [7, 11) is 0. The highest BCUT2D eigenvalue weighted by molar-refractivity contribution is 5.57. The summed E-state index contributed by atoms with van der Waals surface area (Å²) in [5.74, 6) is 1.50. The first kappa shape index (κ1) is 22.3. The minimum atomic E-state index is -4.76. The van der Waals surface area contributed by atoms with Gasteiger partial charge >= 0.3 is 6.36 Å². The summed E-state index contributed by atoms with van der Waals surface area (Å²) in [4.78, 5) is 8.63. The van der Waals surface area contributed by atoms with Crippen LogP contribution < -0.4 is 15.2 Å². The third kappa shape index (κ3) is 5.66. The fourth-order valence-corrected chi connectivity index (χ4v) is 2.98. The van der Waals surface area contributed by atoms with Crippen molar-refractivity contribution in [2.75, 3.05) is 13.2 Å².